The first-order valence-corrected chi connectivity index (χ1v) is 6.71. The SMILES string of the molecule is COCCCN(CCOC)C(=O)Cc1ccccc1O. The van der Waals surface area contributed by atoms with Crippen LogP contribution in [0.4, 0.5) is 0 Å². The topological polar surface area (TPSA) is 59.0 Å². The van der Waals surface area contributed by atoms with Crippen molar-refractivity contribution in [1.82, 2.24) is 4.90 Å². The molecule has 0 aromatic heterocycles. The zero-order valence-corrected chi connectivity index (χ0v) is 12.2. The Morgan fingerprint density at radius 3 is 2.50 bits per heavy atom. The first kappa shape index (κ1) is 16.5. The van der Waals surface area contributed by atoms with Gasteiger partial charge in [0, 0.05) is 39.5 Å². The number of carbonyl (C=O) groups excluding carboxylic acids is 1. The maximum atomic E-state index is 12.3. The van der Waals surface area contributed by atoms with Crippen LogP contribution in [0.1, 0.15) is 12.0 Å². The van der Waals surface area contributed by atoms with Gasteiger partial charge in [-0.25, -0.2) is 0 Å². The average Bonchev–Trinajstić information content (AvgIpc) is 2.45. The molecule has 0 heterocycles. The summed E-state index contributed by atoms with van der Waals surface area (Å²) in [5.74, 6) is 0.143. The summed E-state index contributed by atoms with van der Waals surface area (Å²) in [7, 11) is 3.25. The van der Waals surface area contributed by atoms with Crippen LogP contribution in [0.15, 0.2) is 24.3 Å². The van der Waals surface area contributed by atoms with Gasteiger partial charge in [-0.15, -0.1) is 0 Å². The summed E-state index contributed by atoms with van der Waals surface area (Å²) < 4.78 is 10.0. The summed E-state index contributed by atoms with van der Waals surface area (Å²) in [5.41, 5.74) is 0.645. The van der Waals surface area contributed by atoms with Crippen molar-refractivity contribution in [3.05, 3.63) is 29.8 Å². The molecule has 1 aromatic carbocycles. The number of aromatic hydroxyl groups is 1. The van der Waals surface area contributed by atoms with Gasteiger partial charge in [-0.1, -0.05) is 18.2 Å². The fourth-order valence-electron chi connectivity index (χ4n) is 1.90. The minimum Gasteiger partial charge on any atom is -0.508 e. The number of amides is 1. The van der Waals surface area contributed by atoms with E-state index in [2.05, 4.69) is 0 Å². The number of phenolic OH excluding ortho intramolecular Hbond substituents is 1. The fraction of sp³-hybridized carbons (Fsp3) is 0.533. The van der Waals surface area contributed by atoms with Gasteiger partial charge in [0.05, 0.1) is 13.0 Å². The Morgan fingerprint density at radius 1 is 1.15 bits per heavy atom. The molecule has 0 spiro atoms. The summed E-state index contributed by atoms with van der Waals surface area (Å²) in [6.45, 7) is 2.29. The van der Waals surface area contributed by atoms with Gasteiger partial charge in [-0.3, -0.25) is 4.79 Å². The molecule has 0 saturated heterocycles. The number of hydrogen-bond donors (Lipinski definition) is 1. The second kappa shape index (κ2) is 9.34. The lowest BCUT2D eigenvalue weighted by Crippen LogP contribution is -2.36. The van der Waals surface area contributed by atoms with Crippen LogP contribution in [0.5, 0.6) is 5.75 Å². The van der Waals surface area contributed by atoms with E-state index in [-0.39, 0.29) is 18.1 Å². The molecule has 0 aliphatic heterocycles. The number of carbonyl (C=O) groups is 1. The minimum atomic E-state index is -0.0142. The van der Waals surface area contributed by atoms with E-state index in [1.165, 1.54) is 0 Å². The number of hydrogen-bond acceptors (Lipinski definition) is 4. The normalized spacial score (nSPS) is 10.5. The highest BCUT2D eigenvalue weighted by molar-refractivity contribution is 5.79. The zero-order valence-electron chi connectivity index (χ0n) is 12.2. The van der Waals surface area contributed by atoms with Crippen LogP contribution in [0.3, 0.4) is 0 Å². The van der Waals surface area contributed by atoms with Gasteiger partial charge in [0.2, 0.25) is 5.91 Å². The van der Waals surface area contributed by atoms with Gasteiger partial charge in [0.25, 0.3) is 0 Å². The molecule has 1 N–H and O–H groups in total. The average molecular weight is 281 g/mol. The highest BCUT2D eigenvalue weighted by Crippen LogP contribution is 2.17. The lowest BCUT2D eigenvalue weighted by Gasteiger charge is -2.22. The van der Waals surface area contributed by atoms with Crippen LogP contribution in [0.25, 0.3) is 0 Å². The third-order valence-corrected chi connectivity index (χ3v) is 3.03. The van der Waals surface area contributed by atoms with Crippen molar-refractivity contribution in [2.75, 3.05) is 40.5 Å². The predicted octanol–water partition coefficient (Wildman–Crippen LogP) is 1.45. The Labute approximate surface area is 120 Å². The maximum absolute atomic E-state index is 12.3. The van der Waals surface area contributed by atoms with Crippen LogP contribution in [-0.4, -0.2) is 56.4 Å². The van der Waals surface area contributed by atoms with Crippen molar-refractivity contribution >= 4 is 5.91 Å². The van der Waals surface area contributed by atoms with E-state index < -0.39 is 0 Å². The first-order chi connectivity index (χ1) is 9.69. The van der Waals surface area contributed by atoms with Gasteiger partial charge >= 0.3 is 0 Å². The summed E-state index contributed by atoms with van der Waals surface area (Å²) >= 11 is 0. The Kier molecular flexibility index (Phi) is 7.69. The minimum absolute atomic E-state index is 0.0142. The van der Waals surface area contributed by atoms with Crippen LogP contribution >= 0.6 is 0 Å². The molecule has 1 rings (SSSR count). The summed E-state index contributed by atoms with van der Waals surface area (Å²) in [5, 5.41) is 9.72. The van der Waals surface area contributed by atoms with Gasteiger partial charge in [-0.05, 0) is 12.5 Å². The van der Waals surface area contributed by atoms with Crippen molar-refractivity contribution in [2.45, 2.75) is 12.8 Å². The van der Waals surface area contributed by atoms with Crippen LogP contribution in [0, 0.1) is 0 Å². The number of para-hydroxylation sites is 1. The van der Waals surface area contributed by atoms with Gasteiger partial charge < -0.3 is 19.5 Å². The van der Waals surface area contributed by atoms with E-state index in [1.807, 2.05) is 6.07 Å². The second-order valence-corrected chi connectivity index (χ2v) is 4.53. The lowest BCUT2D eigenvalue weighted by molar-refractivity contribution is -0.131. The van der Waals surface area contributed by atoms with Crippen LogP contribution < -0.4 is 0 Å². The number of phenols is 1. The van der Waals surface area contributed by atoms with Crippen molar-refractivity contribution < 1.29 is 19.4 Å². The molecule has 0 aliphatic carbocycles. The second-order valence-electron chi connectivity index (χ2n) is 4.53. The van der Waals surface area contributed by atoms with Crippen molar-refractivity contribution in [1.29, 1.82) is 0 Å². The molecule has 1 aromatic rings. The molecular weight excluding hydrogens is 258 g/mol. The van der Waals surface area contributed by atoms with Gasteiger partial charge in [0.1, 0.15) is 5.75 Å². The molecule has 0 atom stereocenters. The molecule has 20 heavy (non-hydrogen) atoms. The van der Waals surface area contributed by atoms with Crippen LogP contribution in [-0.2, 0) is 20.7 Å². The molecule has 5 nitrogen and oxygen atoms in total. The van der Waals surface area contributed by atoms with E-state index in [4.69, 9.17) is 9.47 Å². The standard InChI is InChI=1S/C15H23NO4/c1-19-10-5-8-16(9-11-20-2)15(18)12-13-6-3-4-7-14(13)17/h3-4,6-7,17H,5,8-12H2,1-2H3. The summed E-state index contributed by atoms with van der Waals surface area (Å²) in [6, 6.07) is 6.90. The summed E-state index contributed by atoms with van der Waals surface area (Å²) in [6.07, 6.45) is 0.982. The van der Waals surface area contributed by atoms with E-state index in [9.17, 15) is 9.90 Å². The molecule has 5 heteroatoms. The Balaban J connectivity index is 2.59. The Morgan fingerprint density at radius 2 is 1.85 bits per heavy atom. The molecule has 1 amide bonds. The van der Waals surface area contributed by atoms with E-state index in [0.717, 1.165) is 6.42 Å². The lowest BCUT2D eigenvalue weighted by atomic mass is 10.1. The molecule has 0 radical (unpaired) electrons. The molecule has 0 saturated carbocycles. The van der Waals surface area contributed by atoms with Crippen molar-refractivity contribution in [3.63, 3.8) is 0 Å². The monoisotopic (exact) mass is 281 g/mol. The van der Waals surface area contributed by atoms with Crippen LogP contribution in [0.2, 0.25) is 0 Å². The van der Waals surface area contributed by atoms with Crippen molar-refractivity contribution in [3.8, 4) is 5.75 Å². The van der Waals surface area contributed by atoms with E-state index >= 15 is 0 Å². The number of rotatable bonds is 9. The number of nitrogens with zero attached hydrogens (tertiary/aromatic N) is 1. The highest BCUT2D eigenvalue weighted by atomic mass is 16.5. The third kappa shape index (κ3) is 5.59. The number of benzene rings is 1. The molecule has 0 fully saturated rings. The molecule has 0 bridgehead atoms. The molecule has 0 unspecified atom stereocenters. The fourth-order valence-corrected chi connectivity index (χ4v) is 1.90. The maximum Gasteiger partial charge on any atom is 0.227 e. The van der Waals surface area contributed by atoms with Crippen molar-refractivity contribution in [2.24, 2.45) is 0 Å². The number of methoxy groups -OCH3 is 2. The largest absolute Gasteiger partial charge is 0.508 e. The summed E-state index contributed by atoms with van der Waals surface area (Å²) in [4.78, 5) is 14.0. The highest BCUT2D eigenvalue weighted by Gasteiger charge is 2.15. The quantitative estimate of drug-likeness (QED) is 0.696. The van der Waals surface area contributed by atoms with E-state index in [0.29, 0.717) is 31.9 Å². The van der Waals surface area contributed by atoms with Gasteiger partial charge in [-0.2, -0.15) is 0 Å². The van der Waals surface area contributed by atoms with E-state index in [1.54, 1.807) is 37.3 Å². The smallest absolute Gasteiger partial charge is 0.227 e. The number of ether oxygens (including phenoxy) is 2. The zero-order chi connectivity index (χ0) is 14.8. The Hall–Kier alpha value is -1.59. The molecular formula is C15H23NO4. The van der Waals surface area contributed by atoms with Gasteiger partial charge in [0.15, 0.2) is 0 Å². The predicted molar refractivity (Wildman–Crippen MR) is 76.8 cm³/mol. The third-order valence-electron chi connectivity index (χ3n) is 3.03. The molecule has 112 valence electrons. The Bertz CT molecular complexity index is 409. The first-order valence-electron chi connectivity index (χ1n) is 6.71. The molecule has 0 aliphatic rings.